The third-order valence-electron chi connectivity index (χ3n) is 4.73. The van der Waals surface area contributed by atoms with Crippen molar-refractivity contribution in [3.8, 4) is 0 Å². The number of hydrogen-bond donors (Lipinski definition) is 1. The SMILES string of the molecule is CC(C)(C)OC(=O)N1CCC(N(C(N)=O)C2CCCCC2)CC1. The molecule has 2 rings (SSSR count). The second kappa shape index (κ2) is 7.41. The number of ether oxygens (including phenoxy) is 1. The third kappa shape index (κ3) is 5.01. The zero-order valence-electron chi connectivity index (χ0n) is 14.7. The van der Waals surface area contributed by atoms with Crippen LogP contribution in [0.25, 0.3) is 0 Å². The smallest absolute Gasteiger partial charge is 0.410 e. The van der Waals surface area contributed by atoms with Gasteiger partial charge in [0.1, 0.15) is 5.60 Å². The predicted molar refractivity (Wildman–Crippen MR) is 89.1 cm³/mol. The Bertz CT molecular complexity index is 419. The molecular weight excluding hydrogens is 294 g/mol. The summed E-state index contributed by atoms with van der Waals surface area (Å²) in [6.45, 7) is 6.85. The molecule has 2 N–H and O–H groups in total. The Kier molecular flexibility index (Phi) is 5.76. The Morgan fingerprint density at radius 1 is 1.00 bits per heavy atom. The summed E-state index contributed by atoms with van der Waals surface area (Å²) in [5.74, 6) is 0. The summed E-state index contributed by atoms with van der Waals surface area (Å²) in [4.78, 5) is 27.7. The number of primary amides is 1. The monoisotopic (exact) mass is 325 g/mol. The van der Waals surface area contributed by atoms with E-state index in [0.717, 1.165) is 25.7 Å². The summed E-state index contributed by atoms with van der Waals surface area (Å²) in [6, 6.07) is 0.112. The quantitative estimate of drug-likeness (QED) is 0.847. The van der Waals surface area contributed by atoms with Crippen molar-refractivity contribution < 1.29 is 14.3 Å². The van der Waals surface area contributed by atoms with Crippen LogP contribution in [0.1, 0.15) is 65.7 Å². The van der Waals surface area contributed by atoms with Gasteiger partial charge in [0.2, 0.25) is 0 Å². The molecule has 6 nitrogen and oxygen atoms in total. The largest absolute Gasteiger partial charge is 0.444 e. The van der Waals surface area contributed by atoms with E-state index in [4.69, 9.17) is 10.5 Å². The van der Waals surface area contributed by atoms with Crippen molar-refractivity contribution >= 4 is 12.1 Å². The molecule has 1 saturated carbocycles. The van der Waals surface area contributed by atoms with Gasteiger partial charge in [0.15, 0.2) is 0 Å². The van der Waals surface area contributed by atoms with Crippen LogP contribution in [0, 0.1) is 0 Å². The lowest BCUT2D eigenvalue weighted by Crippen LogP contribution is -2.55. The van der Waals surface area contributed by atoms with Gasteiger partial charge in [0.05, 0.1) is 0 Å². The van der Waals surface area contributed by atoms with Gasteiger partial charge in [-0.1, -0.05) is 19.3 Å². The van der Waals surface area contributed by atoms with Crippen molar-refractivity contribution in [2.24, 2.45) is 5.73 Å². The Morgan fingerprint density at radius 2 is 1.52 bits per heavy atom. The number of hydrogen-bond acceptors (Lipinski definition) is 3. The minimum atomic E-state index is -0.477. The standard InChI is InChI=1S/C17H31N3O3/c1-17(2,3)23-16(22)19-11-9-14(10-12-19)20(15(18)21)13-7-5-4-6-8-13/h13-14H,4-12H2,1-3H3,(H2,18,21). The first-order valence-corrected chi connectivity index (χ1v) is 8.83. The minimum absolute atomic E-state index is 0.147. The molecule has 1 saturated heterocycles. The molecule has 1 aliphatic heterocycles. The first-order valence-electron chi connectivity index (χ1n) is 8.83. The molecule has 6 heteroatoms. The van der Waals surface area contributed by atoms with Gasteiger partial charge in [-0.25, -0.2) is 9.59 Å². The number of likely N-dealkylation sites (tertiary alicyclic amines) is 1. The Labute approximate surface area is 139 Å². The highest BCUT2D eigenvalue weighted by molar-refractivity contribution is 5.73. The average Bonchev–Trinajstić information content (AvgIpc) is 2.47. The second-order valence-electron chi connectivity index (χ2n) is 7.74. The normalized spacial score (nSPS) is 21.1. The molecule has 0 aromatic rings. The third-order valence-corrected chi connectivity index (χ3v) is 4.73. The molecular formula is C17H31N3O3. The second-order valence-corrected chi connectivity index (χ2v) is 7.74. The van der Waals surface area contributed by atoms with E-state index in [-0.39, 0.29) is 24.2 Å². The lowest BCUT2D eigenvalue weighted by atomic mass is 9.91. The van der Waals surface area contributed by atoms with Crippen molar-refractivity contribution in [3.63, 3.8) is 0 Å². The van der Waals surface area contributed by atoms with E-state index >= 15 is 0 Å². The van der Waals surface area contributed by atoms with Gasteiger partial charge in [0, 0.05) is 25.2 Å². The number of amides is 3. The predicted octanol–water partition coefficient (Wildman–Crippen LogP) is 3.10. The maximum absolute atomic E-state index is 12.1. The van der Waals surface area contributed by atoms with Crippen molar-refractivity contribution in [3.05, 3.63) is 0 Å². The molecule has 0 aromatic carbocycles. The van der Waals surface area contributed by atoms with E-state index in [2.05, 4.69) is 0 Å². The van der Waals surface area contributed by atoms with Crippen LogP contribution in [0.15, 0.2) is 0 Å². The molecule has 2 fully saturated rings. The zero-order valence-corrected chi connectivity index (χ0v) is 14.7. The Balaban J connectivity index is 1.91. The number of nitrogens with two attached hydrogens (primary N) is 1. The highest BCUT2D eigenvalue weighted by Crippen LogP contribution is 2.28. The van der Waals surface area contributed by atoms with Crippen molar-refractivity contribution in [2.45, 2.75) is 83.4 Å². The van der Waals surface area contributed by atoms with E-state index in [9.17, 15) is 9.59 Å². The summed E-state index contributed by atoms with van der Waals surface area (Å²) in [5, 5.41) is 0. The molecule has 1 heterocycles. The van der Waals surface area contributed by atoms with Crippen molar-refractivity contribution in [1.29, 1.82) is 0 Å². The maximum Gasteiger partial charge on any atom is 0.410 e. The number of carbonyl (C=O) groups is 2. The number of nitrogens with zero attached hydrogens (tertiary/aromatic N) is 2. The topological polar surface area (TPSA) is 75.9 Å². The molecule has 1 aliphatic carbocycles. The summed E-state index contributed by atoms with van der Waals surface area (Å²) in [5.41, 5.74) is 5.18. The van der Waals surface area contributed by atoms with Crippen LogP contribution in [0.5, 0.6) is 0 Å². The van der Waals surface area contributed by atoms with Gasteiger partial charge in [-0.05, 0) is 46.5 Å². The lowest BCUT2D eigenvalue weighted by Gasteiger charge is -2.42. The average molecular weight is 325 g/mol. The fourth-order valence-corrected chi connectivity index (χ4v) is 3.67. The van der Waals surface area contributed by atoms with Crippen LogP contribution in [0.4, 0.5) is 9.59 Å². The van der Waals surface area contributed by atoms with Crippen LogP contribution in [-0.2, 0) is 4.74 Å². The van der Waals surface area contributed by atoms with E-state index in [0.29, 0.717) is 13.1 Å². The van der Waals surface area contributed by atoms with Crippen LogP contribution >= 0.6 is 0 Å². The molecule has 0 atom stereocenters. The van der Waals surface area contributed by atoms with Gasteiger partial charge in [0.25, 0.3) is 0 Å². The van der Waals surface area contributed by atoms with Crippen LogP contribution < -0.4 is 5.73 Å². The van der Waals surface area contributed by atoms with Crippen LogP contribution in [0.3, 0.4) is 0 Å². The number of carbonyl (C=O) groups excluding carboxylic acids is 2. The van der Waals surface area contributed by atoms with E-state index < -0.39 is 5.60 Å². The number of piperidine rings is 1. The molecule has 0 spiro atoms. The molecule has 132 valence electrons. The summed E-state index contributed by atoms with van der Waals surface area (Å²) in [7, 11) is 0. The highest BCUT2D eigenvalue weighted by Gasteiger charge is 2.34. The molecule has 0 bridgehead atoms. The van der Waals surface area contributed by atoms with Gasteiger partial charge in [-0.2, -0.15) is 0 Å². The number of urea groups is 1. The highest BCUT2D eigenvalue weighted by atomic mass is 16.6. The van der Waals surface area contributed by atoms with E-state index in [1.807, 2.05) is 25.7 Å². The molecule has 0 unspecified atom stereocenters. The summed E-state index contributed by atoms with van der Waals surface area (Å²) in [6.07, 6.45) is 6.98. The summed E-state index contributed by atoms with van der Waals surface area (Å²) >= 11 is 0. The zero-order chi connectivity index (χ0) is 17.0. The summed E-state index contributed by atoms with van der Waals surface area (Å²) < 4.78 is 5.42. The van der Waals surface area contributed by atoms with Gasteiger partial charge < -0.3 is 20.3 Å². The fraction of sp³-hybridized carbons (Fsp3) is 0.882. The van der Waals surface area contributed by atoms with E-state index in [1.165, 1.54) is 19.3 Å². The Hall–Kier alpha value is -1.46. The van der Waals surface area contributed by atoms with Gasteiger partial charge in [-0.15, -0.1) is 0 Å². The molecule has 2 aliphatic rings. The molecule has 0 aromatic heterocycles. The number of rotatable bonds is 2. The van der Waals surface area contributed by atoms with Crippen molar-refractivity contribution in [2.75, 3.05) is 13.1 Å². The van der Waals surface area contributed by atoms with Gasteiger partial charge >= 0.3 is 12.1 Å². The fourth-order valence-electron chi connectivity index (χ4n) is 3.67. The van der Waals surface area contributed by atoms with Crippen LogP contribution in [-0.4, -0.2) is 52.7 Å². The first-order chi connectivity index (χ1) is 10.8. The Morgan fingerprint density at radius 3 is 2.00 bits per heavy atom. The lowest BCUT2D eigenvalue weighted by molar-refractivity contribution is 0.0139. The van der Waals surface area contributed by atoms with E-state index in [1.54, 1.807) is 4.90 Å². The minimum Gasteiger partial charge on any atom is -0.444 e. The van der Waals surface area contributed by atoms with Gasteiger partial charge in [-0.3, -0.25) is 0 Å². The molecule has 3 amide bonds. The van der Waals surface area contributed by atoms with Crippen LogP contribution in [0.2, 0.25) is 0 Å². The molecule has 23 heavy (non-hydrogen) atoms. The van der Waals surface area contributed by atoms with Crippen molar-refractivity contribution in [1.82, 2.24) is 9.80 Å². The maximum atomic E-state index is 12.1. The molecule has 0 radical (unpaired) electrons. The first kappa shape index (κ1) is 17.9.